The minimum absolute atomic E-state index is 0.0188. The lowest BCUT2D eigenvalue weighted by atomic mass is 10.2. The van der Waals surface area contributed by atoms with Crippen molar-refractivity contribution >= 4 is 29.0 Å². The van der Waals surface area contributed by atoms with Gasteiger partial charge in [0, 0.05) is 25.1 Å². The van der Waals surface area contributed by atoms with E-state index in [-0.39, 0.29) is 5.91 Å². The molecule has 3 N–H and O–H groups in total. The number of carbonyl (C=O) groups is 1. The number of nitrogen functional groups attached to an aromatic ring is 1. The van der Waals surface area contributed by atoms with E-state index in [0.717, 1.165) is 30.0 Å². The average Bonchev–Trinajstić information content (AvgIpc) is 2.32. The van der Waals surface area contributed by atoms with E-state index in [1.54, 1.807) is 24.9 Å². The number of anilines is 2. The number of nitrogens with one attached hydrogen (secondary N) is 1. The van der Waals surface area contributed by atoms with E-state index in [0.29, 0.717) is 11.4 Å². The van der Waals surface area contributed by atoms with Crippen LogP contribution in [0.4, 0.5) is 11.4 Å². The number of amides is 1. The number of hydrogen-bond donors (Lipinski definition) is 2. The number of methoxy groups -OCH3 is 1. The molecule has 4 nitrogen and oxygen atoms in total. The van der Waals surface area contributed by atoms with Crippen LogP contribution in [0, 0.1) is 6.92 Å². The summed E-state index contributed by atoms with van der Waals surface area (Å²) < 4.78 is 4.95. The minimum Gasteiger partial charge on any atom is -0.399 e. The van der Waals surface area contributed by atoms with Gasteiger partial charge in [0.15, 0.2) is 0 Å². The second-order valence-corrected chi connectivity index (χ2v) is 5.13. The van der Waals surface area contributed by atoms with E-state index >= 15 is 0 Å². The van der Waals surface area contributed by atoms with Crippen LogP contribution in [0.5, 0.6) is 0 Å². The normalized spacial score (nSPS) is 10.3. The smallest absolute Gasteiger partial charge is 0.234 e. The molecule has 0 saturated carbocycles. The number of benzene rings is 1. The number of thioether (sulfide) groups is 1. The summed E-state index contributed by atoms with van der Waals surface area (Å²) in [4.78, 5) is 11.7. The molecule has 0 spiro atoms. The van der Waals surface area contributed by atoms with Crippen LogP contribution in [-0.4, -0.2) is 31.1 Å². The van der Waals surface area contributed by atoms with Crippen molar-refractivity contribution in [3.05, 3.63) is 23.8 Å². The van der Waals surface area contributed by atoms with E-state index in [4.69, 9.17) is 10.5 Å². The molecular weight excluding hydrogens is 248 g/mol. The van der Waals surface area contributed by atoms with Crippen molar-refractivity contribution in [2.45, 2.75) is 13.3 Å². The van der Waals surface area contributed by atoms with Crippen LogP contribution in [0.2, 0.25) is 0 Å². The lowest BCUT2D eigenvalue weighted by molar-refractivity contribution is -0.113. The van der Waals surface area contributed by atoms with E-state index in [1.807, 2.05) is 19.1 Å². The van der Waals surface area contributed by atoms with Crippen molar-refractivity contribution in [1.82, 2.24) is 0 Å². The largest absolute Gasteiger partial charge is 0.399 e. The molecule has 1 aromatic carbocycles. The summed E-state index contributed by atoms with van der Waals surface area (Å²) in [5.74, 6) is 1.42. The first-order chi connectivity index (χ1) is 8.63. The third-order valence-corrected chi connectivity index (χ3v) is 3.44. The van der Waals surface area contributed by atoms with Crippen LogP contribution in [0.15, 0.2) is 18.2 Å². The Balaban J connectivity index is 2.31. The van der Waals surface area contributed by atoms with Crippen LogP contribution >= 0.6 is 11.8 Å². The predicted octanol–water partition coefficient (Wildman–Crippen LogP) is 2.29. The Morgan fingerprint density at radius 2 is 2.28 bits per heavy atom. The summed E-state index contributed by atoms with van der Waals surface area (Å²) in [7, 11) is 1.68. The molecule has 0 heterocycles. The first-order valence-corrected chi connectivity index (χ1v) is 7.01. The maximum absolute atomic E-state index is 11.7. The third-order valence-electron chi connectivity index (χ3n) is 2.39. The van der Waals surface area contributed by atoms with Gasteiger partial charge in [0.05, 0.1) is 5.75 Å². The molecule has 0 bridgehead atoms. The lowest BCUT2D eigenvalue weighted by Gasteiger charge is -2.08. The standard InChI is InChI=1S/C13H20N2O2S/c1-10-8-11(14)4-5-12(10)15-13(16)9-18-7-3-6-17-2/h4-5,8H,3,6-7,9,14H2,1-2H3,(H,15,16). The van der Waals surface area contributed by atoms with Gasteiger partial charge in [-0.25, -0.2) is 0 Å². The van der Waals surface area contributed by atoms with Gasteiger partial charge in [0.1, 0.15) is 0 Å². The Bertz CT molecular complexity index is 397. The topological polar surface area (TPSA) is 64.3 Å². The lowest BCUT2D eigenvalue weighted by Crippen LogP contribution is -2.15. The zero-order valence-corrected chi connectivity index (χ0v) is 11.7. The Morgan fingerprint density at radius 3 is 2.94 bits per heavy atom. The fraction of sp³-hybridized carbons (Fsp3) is 0.462. The summed E-state index contributed by atoms with van der Waals surface area (Å²) in [6.07, 6.45) is 0.968. The fourth-order valence-electron chi connectivity index (χ4n) is 1.48. The van der Waals surface area contributed by atoms with Gasteiger partial charge in [-0.1, -0.05) is 0 Å². The van der Waals surface area contributed by atoms with Gasteiger partial charge in [-0.3, -0.25) is 4.79 Å². The zero-order valence-electron chi connectivity index (χ0n) is 10.9. The SMILES string of the molecule is COCCCSCC(=O)Nc1ccc(N)cc1C. The number of carbonyl (C=O) groups excluding carboxylic acids is 1. The molecule has 0 aliphatic rings. The molecule has 0 aliphatic heterocycles. The summed E-state index contributed by atoms with van der Waals surface area (Å²) >= 11 is 1.61. The quantitative estimate of drug-likeness (QED) is 0.588. The summed E-state index contributed by atoms with van der Waals surface area (Å²) in [6, 6.07) is 5.47. The Labute approximate surface area is 112 Å². The summed E-state index contributed by atoms with van der Waals surface area (Å²) in [5, 5.41) is 2.88. The van der Waals surface area contributed by atoms with Gasteiger partial charge in [-0.2, -0.15) is 11.8 Å². The van der Waals surface area contributed by atoms with Crippen molar-refractivity contribution in [3.63, 3.8) is 0 Å². The number of rotatable bonds is 7. The molecule has 100 valence electrons. The van der Waals surface area contributed by atoms with E-state index in [2.05, 4.69) is 5.32 Å². The van der Waals surface area contributed by atoms with Gasteiger partial charge < -0.3 is 15.8 Å². The molecule has 0 atom stereocenters. The van der Waals surface area contributed by atoms with Crippen LogP contribution in [-0.2, 0) is 9.53 Å². The van der Waals surface area contributed by atoms with Crippen molar-refractivity contribution in [1.29, 1.82) is 0 Å². The molecule has 5 heteroatoms. The molecule has 0 aromatic heterocycles. The number of nitrogens with two attached hydrogens (primary N) is 1. The van der Waals surface area contributed by atoms with E-state index in [1.165, 1.54) is 0 Å². The molecule has 0 saturated heterocycles. The molecule has 0 radical (unpaired) electrons. The van der Waals surface area contributed by atoms with Crippen LogP contribution in [0.25, 0.3) is 0 Å². The van der Waals surface area contributed by atoms with Gasteiger partial charge in [0.2, 0.25) is 5.91 Å². The molecular formula is C13H20N2O2S. The number of aryl methyl sites for hydroxylation is 1. The highest BCUT2D eigenvalue weighted by Crippen LogP contribution is 2.17. The van der Waals surface area contributed by atoms with Crippen molar-refractivity contribution < 1.29 is 9.53 Å². The first kappa shape index (κ1) is 14.9. The minimum atomic E-state index is 0.0188. The van der Waals surface area contributed by atoms with Crippen LogP contribution in [0.3, 0.4) is 0 Å². The number of ether oxygens (including phenoxy) is 1. The molecule has 18 heavy (non-hydrogen) atoms. The number of hydrogen-bond acceptors (Lipinski definition) is 4. The van der Waals surface area contributed by atoms with Gasteiger partial charge in [-0.05, 0) is 42.9 Å². The fourth-order valence-corrected chi connectivity index (χ4v) is 2.21. The molecule has 0 unspecified atom stereocenters. The molecule has 0 aliphatic carbocycles. The molecule has 1 aromatic rings. The molecule has 1 amide bonds. The first-order valence-electron chi connectivity index (χ1n) is 5.86. The van der Waals surface area contributed by atoms with Crippen molar-refractivity contribution in [3.8, 4) is 0 Å². The van der Waals surface area contributed by atoms with Crippen molar-refractivity contribution in [2.75, 3.05) is 36.3 Å². The maximum atomic E-state index is 11.7. The highest BCUT2D eigenvalue weighted by molar-refractivity contribution is 7.99. The second kappa shape index (κ2) is 8.00. The van der Waals surface area contributed by atoms with Crippen molar-refractivity contribution in [2.24, 2.45) is 0 Å². The summed E-state index contributed by atoms with van der Waals surface area (Å²) in [5.41, 5.74) is 8.17. The second-order valence-electron chi connectivity index (χ2n) is 4.02. The highest BCUT2D eigenvalue weighted by atomic mass is 32.2. The van der Waals surface area contributed by atoms with Gasteiger partial charge in [0.25, 0.3) is 0 Å². The molecule has 1 rings (SSSR count). The van der Waals surface area contributed by atoms with Gasteiger partial charge >= 0.3 is 0 Å². The Kier molecular flexibility index (Phi) is 6.60. The summed E-state index contributed by atoms with van der Waals surface area (Å²) in [6.45, 7) is 2.67. The monoisotopic (exact) mass is 268 g/mol. The zero-order chi connectivity index (χ0) is 13.4. The Morgan fingerprint density at radius 1 is 1.50 bits per heavy atom. The van der Waals surface area contributed by atoms with Gasteiger partial charge in [-0.15, -0.1) is 0 Å². The van der Waals surface area contributed by atoms with Crippen LogP contribution < -0.4 is 11.1 Å². The predicted molar refractivity (Wildman–Crippen MR) is 78.0 cm³/mol. The third kappa shape index (κ3) is 5.42. The highest BCUT2D eigenvalue weighted by Gasteiger charge is 2.04. The Hall–Kier alpha value is -1.20. The molecule has 0 fully saturated rings. The van der Waals surface area contributed by atoms with Crippen LogP contribution in [0.1, 0.15) is 12.0 Å². The van der Waals surface area contributed by atoms with E-state index < -0.39 is 0 Å². The maximum Gasteiger partial charge on any atom is 0.234 e. The average molecular weight is 268 g/mol. The van der Waals surface area contributed by atoms with E-state index in [9.17, 15) is 4.79 Å².